The molecule has 1 aliphatic heterocycles. The molecule has 1 aromatic rings. The van der Waals surface area contributed by atoms with E-state index in [1.54, 1.807) is 11.8 Å². The summed E-state index contributed by atoms with van der Waals surface area (Å²) in [6, 6.07) is 9.68. The van der Waals surface area contributed by atoms with Gasteiger partial charge in [-0.15, -0.1) is 0 Å². The lowest BCUT2D eigenvalue weighted by atomic mass is 9.90. The molecule has 126 valence electrons. The van der Waals surface area contributed by atoms with Crippen LogP contribution in [-0.4, -0.2) is 35.1 Å². The van der Waals surface area contributed by atoms with Crippen molar-refractivity contribution >= 4 is 12.0 Å². The number of nitrogens with one attached hydrogen (secondary N) is 1. The molecule has 5 heteroatoms. The molecule has 2 rings (SSSR count). The molecule has 0 saturated carbocycles. The molecular formula is C18H26N2O3. The van der Waals surface area contributed by atoms with Gasteiger partial charge in [-0.05, 0) is 31.2 Å². The maximum Gasteiger partial charge on any atom is 0.317 e. The zero-order chi connectivity index (χ0) is 17.0. The molecule has 0 radical (unpaired) electrons. The van der Waals surface area contributed by atoms with Gasteiger partial charge in [0, 0.05) is 13.1 Å². The standard InChI is InChI=1S/C18H26N2O3/c1-13(2)11-15(14-7-5-4-6-8-14)19-17(23)20-10-9-18(3,12-20)16(21)22/h4-8,13,15H,9-12H2,1-3H3,(H,19,23)(H,21,22). The van der Waals surface area contributed by atoms with Gasteiger partial charge >= 0.3 is 12.0 Å². The minimum Gasteiger partial charge on any atom is -0.481 e. The van der Waals surface area contributed by atoms with E-state index < -0.39 is 11.4 Å². The summed E-state index contributed by atoms with van der Waals surface area (Å²) in [6.45, 7) is 6.69. The van der Waals surface area contributed by atoms with Crippen LogP contribution in [0.25, 0.3) is 0 Å². The Balaban J connectivity index is 2.05. The summed E-state index contributed by atoms with van der Waals surface area (Å²) in [7, 11) is 0. The summed E-state index contributed by atoms with van der Waals surface area (Å²) in [5.74, 6) is -0.391. The lowest BCUT2D eigenvalue weighted by Crippen LogP contribution is -2.42. The molecule has 0 spiro atoms. The van der Waals surface area contributed by atoms with Gasteiger partial charge in [-0.1, -0.05) is 44.2 Å². The average molecular weight is 318 g/mol. The zero-order valence-electron chi connectivity index (χ0n) is 14.1. The fourth-order valence-corrected chi connectivity index (χ4v) is 2.98. The predicted octanol–water partition coefficient (Wildman–Crippen LogP) is 3.28. The Labute approximate surface area is 137 Å². The van der Waals surface area contributed by atoms with E-state index in [0.717, 1.165) is 12.0 Å². The van der Waals surface area contributed by atoms with Gasteiger partial charge in [0.1, 0.15) is 0 Å². The fraction of sp³-hybridized carbons (Fsp3) is 0.556. The molecule has 1 fully saturated rings. The number of carbonyl (C=O) groups excluding carboxylic acids is 1. The number of hydrogen-bond acceptors (Lipinski definition) is 2. The number of nitrogens with zero attached hydrogens (tertiary/aromatic N) is 1. The Bertz CT molecular complexity index is 559. The zero-order valence-corrected chi connectivity index (χ0v) is 14.1. The Kier molecular flexibility index (Phi) is 5.29. The smallest absolute Gasteiger partial charge is 0.317 e. The number of likely N-dealkylation sites (tertiary alicyclic amines) is 1. The van der Waals surface area contributed by atoms with Gasteiger partial charge in [-0.2, -0.15) is 0 Å². The van der Waals surface area contributed by atoms with Gasteiger partial charge in [0.15, 0.2) is 0 Å². The number of aliphatic carboxylic acids is 1. The van der Waals surface area contributed by atoms with Crippen molar-refractivity contribution in [1.82, 2.24) is 10.2 Å². The summed E-state index contributed by atoms with van der Waals surface area (Å²) in [6.07, 6.45) is 1.34. The molecule has 23 heavy (non-hydrogen) atoms. The Morgan fingerprint density at radius 3 is 2.48 bits per heavy atom. The predicted molar refractivity (Wildman–Crippen MR) is 89.1 cm³/mol. The first-order valence-electron chi connectivity index (χ1n) is 8.15. The van der Waals surface area contributed by atoms with Crippen molar-refractivity contribution < 1.29 is 14.7 Å². The quantitative estimate of drug-likeness (QED) is 0.875. The normalized spacial score (nSPS) is 22.2. The van der Waals surface area contributed by atoms with Crippen molar-refractivity contribution in [2.45, 2.75) is 39.7 Å². The number of urea groups is 1. The maximum atomic E-state index is 12.5. The van der Waals surface area contributed by atoms with Crippen molar-refractivity contribution in [3.8, 4) is 0 Å². The highest BCUT2D eigenvalue weighted by Crippen LogP contribution is 2.30. The van der Waals surface area contributed by atoms with Crippen LogP contribution in [0.4, 0.5) is 4.79 Å². The molecule has 1 saturated heterocycles. The monoisotopic (exact) mass is 318 g/mol. The first kappa shape index (κ1) is 17.3. The minimum absolute atomic E-state index is 0.0552. The van der Waals surface area contributed by atoms with Crippen molar-refractivity contribution in [3.63, 3.8) is 0 Å². The number of hydrogen-bond donors (Lipinski definition) is 2. The highest BCUT2D eigenvalue weighted by Gasteiger charge is 2.42. The molecule has 2 unspecified atom stereocenters. The Hall–Kier alpha value is -2.04. The Morgan fingerprint density at radius 2 is 1.96 bits per heavy atom. The van der Waals surface area contributed by atoms with Crippen LogP contribution in [0.3, 0.4) is 0 Å². The average Bonchev–Trinajstić information content (AvgIpc) is 2.91. The SMILES string of the molecule is CC(C)CC(NC(=O)N1CCC(C)(C(=O)O)C1)c1ccccc1. The third-order valence-corrected chi connectivity index (χ3v) is 4.48. The molecule has 0 bridgehead atoms. The number of carboxylic acid groups (broad SMARTS) is 1. The topological polar surface area (TPSA) is 69.6 Å². The van der Waals surface area contributed by atoms with Crippen LogP contribution in [-0.2, 0) is 4.79 Å². The van der Waals surface area contributed by atoms with E-state index in [4.69, 9.17) is 0 Å². The second kappa shape index (κ2) is 7.02. The summed E-state index contributed by atoms with van der Waals surface area (Å²) >= 11 is 0. The van der Waals surface area contributed by atoms with Crippen LogP contribution in [0.1, 0.15) is 45.2 Å². The van der Waals surface area contributed by atoms with Gasteiger partial charge in [0.2, 0.25) is 0 Å². The van der Waals surface area contributed by atoms with Gasteiger partial charge in [-0.3, -0.25) is 4.79 Å². The van der Waals surface area contributed by atoms with Crippen molar-refractivity contribution in [3.05, 3.63) is 35.9 Å². The van der Waals surface area contributed by atoms with E-state index in [1.165, 1.54) is 0 Å². The molecule has 2 atom stereocenters. The number of amides is 2. The van der Waals surface area contributed by atoms with Crippen LogP contribution in [0.2, 0.25) is 0 Å². The molecule has 1 heterocycles. The van der Waals surface area contributed by atoms with Gasteiger partial charge in [0.25, 0.3) is 0 Å². The third kappa shape index (κ3) is 4.24. The van der Waals surface area contributed by atoms with E-state index >= 15 is 0 Å². The second-order valence-corrected chi connectivity index (χ2v) is 7.08. The number of carbonyl (C=O) groups is 2. The molecule has 0 aromatic heterocycles. The van der Waals surface area contributed by atoms with E-state index in [1.807, 2.05) is 30.3 Å². The summed E-state index contributed by atoms with van der Waals surface area (Å²) in [4.78, 5) is 25.5. The van der Waals surface area contributed by atoms with Crippen molar-refractivity contribution in [2.75, 3.05) is 13.1 Å². The highest BCUT2D eigenvalue weighted by atomic mass is 16.4. The van der Waals surface area contributed by atoms with Crippen molar-refractivity contribution in [2.24, 2.45) is 11.3 Å². The minimum atomic E-state index is -0.838. The number of rotatable bonds is 5. The largest absolute Gasteiger partial charge is 0.481 e. The maximum absolute atomic E-state index is 12.5. The molecule has 1 aliphatic rings. The molecular weight excluding hydrogens is 292 g/mol. The third-order valence-electron chi connectivity index (χ3n) is 4.48. The van der Waals surface area contributed by atoms with E-state index in [9.17, 15) is 14.7 Å². The molecule has 2 N–H and O–H groups in total. The van der Waals surface area contributed by atoms with Gasteiger partial charge in [0.05, 0.1) is 11.5 Å². The summed E-state index contributed by atoms with van der Waals surface area (Å²) < 4.78 is 0. The number of carboxylic acids is 1. The lowest BCUT2D eigenvalue weighted by Gasteiger charge is -2.26. The molecule has 1 aromatic carbocycles. The lowest BCUT2D eigenvalue weighted by molar-refractivity contribution is -0.147. The van der Waals surface area contributed by atoms with Crippen LogP contribution >= 0.6 is 0 Å². The van der Waals surface area contributed by atoms with Gasteiger partial charge in [-0.25, -0.2) is 4.79 Å². The molecule has 5 nitrogen and oxygen atoms in total. The Morgan fingerprint density at radius 1 is 1.30 bits per heavy atom. The van der Waals surface area contributed by atoms with Crippen LogP contribution in [0, 0.1) is 11.3 Å². The summed E-state index contributed by atoms with van der Waals surface area (Å²) in [5.41, 5.74) is 0.243. The number of benzene rings is 1. The van der Waals surface area contributed by atoms with Crippen LogP contribution in [0.5, 0.6) is 0 Å². The van der Waals surface area contributed by atoms with Gasteiger partial charge < -0.3 is 15.3 Å². The molecule has 0 aliphatic carbocycles. The summed E-state index contributed by atoms with van der Waals surface area (Å²) in [5, 5.41) is 12.4. The van der Waals surface area contributed by atoms with Crippen LogP contribution < -0.4 is 5.32 Å². The van der Waals surface area contributed by atoms with Crippen molar-refractivity contribution in [1.29, 1.82) is 0 Å². The second-order valence-electron chi connectivity index (χ2n) is 7.08. The van der Waals surface area contributed by atoms with E-state index in [-0.39, 0.29) is 18.6 Å². The van der Waals surface area contributed by atoms with Crippen LogP contribution in [0.15, 0.2) is 30.3 Å². The highest BCUT2D eigenvalue weighted by molar-refractivity contribution is 5.79. The van der Waals surface area contributed by atoms with E-state index in [2.05, 4.69) is 19.2 Å². The first-order valence-corrected chi connectivity index (χ1v) is 8.15. The fourth-order valence-electron chi connectivity index (χ4n) is 2.98. The molecule has 2 amide bonds. The van der Waals surface area contributed by atoms with E-state index in [0.29, 0.717) is 18.9 Å². The first-order chi connectivity index (χ1) is 10.8.